The van der Waals surface area contributed by atoms with Crippen LogP contribution in [0.15, 0.2) is 29.4 Å². The number of hydrogen-bond donors (Lipinski definition) is 2. The largest absolute Gasteiger partial charge is 0.493 e. The van der Waals surface area contributed by atoms with Crippen molar-refractivity contribution < 1.29 is 4.74 Å². The Bertz CT molecular complexity index is 421. The second-order valence-electron chi connectivity index (χ2n) is 4.18. The van der Waals surface area contributed by atoms with Crippen molar-refractivity contribution in [3.05, 3.63) is 29.8 Å². The number of unbranched alkanes of at least 4 members (excludes halogenated alkanes) is 3. The third-order valence-electron chi connectivity index (χ3n) is 2.55. The van der Waals surface area contributed by atoms with Crippen LogP contribution in [0.1, 0.15) is 38.2 Å². The maximum absolute atomic E-state index is 5.76. The SMILES string of the molecule is CCCCCCOc1ccccc1/C=N\NC(N)=S. The van der Waals surface area contributed by atoms with Crippen molar-refractivity contribution in [1.29, 1.82) is 0 Å². The number of hydrazone groups is 1. The average Bonchev–Trinajstić information content (AvgIpc) is 2.40. The summed E-state index contributed by atoms with van der Waals surface area (Å²) in [5.41, 5.74) is 8.73. The summed E-state index contributed by atoms with van der Waals surface area (Å²) in [5.74, 6) is 0.826. The van der Waals surface area contributed by atoms with E-state index < -0.39 is 0 Å². The van der Waals surface area contributed by atoms with Crippen LogP contribution in [0.3, 0.4) is 0 Å². The second kappa shape index (κ2) is 9.33. The molecule has 0 radical (unpaired) electrons. The van der Waals surface area contributed by atoms with Gasteiger partial charge in [-0.05, 0) is 30.8 Å². The van der Waals surface area contributed by atoms with Crippen molar-refractivity contribution in [3.63, 3.8) is 0 Å². The Morgan fingerprint density at radius 3 is 2.89 bits per heavy atom. The lowest BCUT2D eigenvalue weighted by Gasteiger charge is -2.08. The highest BCUT2D eigenvalue weighted by atomic mass is 32.1. The topological polar surface area (TPSA) is 59.6 Å². The molecule has 0 saturated carbocycles. The summed E-state index contributed by atoms with van der Waals surface area (Å²) in [5, 5.41) is 4.09. The van der Waals surface area contributed by atoms with Gasteiger partial charge in [-0.25, -0.2) is 0 Å². The highest BCUT2D eigenvalue weighted by Crippen LogP contribution is 2.16. The number of ether oxygens (including phenoxy) is 1. The minimum atomic E-state index is 0.147. The third kappa shape index (κ3) is 6.76. The number of rotatable bonds is 8. The van der Waals surface area contributed by atoms with Crippen LogP contribution in [-0.4, -0.2) is 17.9 Å². The van der Waals surface area contributed by atoms with Crippen LogP contribution in [0, 0.1) is 0 Å². The van der Waals surface area contributed by atoms with Crippen molar-refractivity contribution in [3.8, 4) is 5.75 Å². The average molecular weight is 279 g/mol. The van der Waals surface area contributed by atoms with E-state index in [1.807, 2.05) is 24.3 Å². The molecule has 4 nitrogen and oxygen atoms in total. The molecule has 0 aromatic heterocycles. The summed E-state index contributed by atoms with van der Waals surface area (Å²) < 4.78 is 5.76. The van der Waals surface area contributed by atoms with Gasteiger partial charge in [0.2, 0.25) is 0 Å². The van der Waals surface area contributed by atoms with Gasteiger partial charge in [-0.3, -0.25) is 5.43 Å². The molecule has 0 fully saturated rings. The van der Waals surface area contributed by atoms with Gasteiger partial charge < -0.3 is 10.5 Å². The third-order valence-corrected chi connectivity index (χ3v) is 2.64. The van der Waals surface area contributed by atoms with Crippen LogP contribution in [0.2, 0.25) is 0 Å². The first kappa shape index (κ1) is 15.4. The second-order valence-corrected chi connectivity index (χ2v) is 4.62. The van der Waals surface area contributed by atoms with Gasteiger partial charge in [0.05, 0.1) is 12.8 Å². The van der Waals surface area contributed by atoms with Gasteiger partial charge in [0.25, 0.3) is 0 Å². The van der Waals surface area contributed by atoms with E-state index in [-0.39, 0.29) is 5.11 Å². The highest BCUT2D eigenvalue weighted by molar-refractivity contribution is 7.80. The number of benzene rings is 1. The van der Waals surface area contributed by atoms with Gasteiger partial charge in [-0.1, -0.05) is 38.3 Å². The van der Waals surface area contributed by atoms with Gasteiger partial charge in [-0.2, -0.15) is 5.10 Å². The molecule has 0 aliphatic heterocycles. The summed E-state index contributed by atoms with van der Waals surface area (Å²) in [6, 6.07) is 7.75. The highest BCUT2D eigenvalue weighted by Gasteiger charge is 2.00. The number of thiocarbonyl (C=S) groups is 1. The lowest BCUT2D eigenvalue weighted by Crippen LogP contribution is -2.24. The fraction of sp³-hybridized carbons (Fsp3) is 0.429. The summed E-state index contributed by atoms with van der Waals surface area (Å²) >= 11 is 4.68. The van der Waals surface area contributed by atoms with Crippen LogP contribution in [-0.2, 0) is 0 Å². The number of nitrogens with one attached hydrogen (secondary N) is 1. The molecule has 0 saturated heterocycles. The van der Waals surface area contributed by atoms with Gasteiger partial charge >= 0.3 is 0 Å². The Morgan fingerprint density at radius 1 is 1.37 bits per heavy atom. The smallest absolute Gasteiger partial charge is 0.184 e. The minimum Gasteiger partial charge on any atom is -0.493 e. The Labute approximate surface area is 120 Å². The molecule has 0 amide bonds. The first-order valence-electron chi connectivity index (χ1n) is 6.54. The van der Waals surface area contributed by atoms with Crippen LogP contribution in [0.25, 0.3) is 0 Å². The van der Waals surface area contributed by atoms with E-state index in [4.69, 9.17) is 10.5 Å². The van der Waals surface area contributed by atoms with Gasteiger partial charge in [0, 0.05) is 5.56 Å². The molecule has 0 aliphatic rings. The fourth-order valence-corrected chi connectivity index (χ4v) is 1.65. The number of nitrogens with two attached hydrogens (primary N) is 1. The van der Waals surface area contributed by atoms with Gasteiger partial charge in [0.15, 0.2) is 5.11 Å². The molecule has 0 spiro atoms. The lowest BCUT2D eigenvalue weighted by atomic mass is 10.2. The van der Waals surface area contributed by atoms with E-state index in [0.29, 0.717) is 0 Å². The van der Waals surface area contributed by atoms with Crippen LogP contribution >= 0.6 is 12.2 Å². The van der Waals surface area contributed by atoms with Gasteiger partial charge in [0.1, 0.15) is 5.75 Å². The van der Waals surface area contributed by atoms with Crippen molar-refractivity contribution in [1.82, 2.24) is 5.43 Å². The van der Waals surface area contributed by atoms with E-state index in [9.17, 15) is 0 Å². The van der Waals surface area contributed by atoms with Crippen LogP contribution in [0.5, 0.6) is 5.75 Å². The van der Waals surface area contributed by atoms with E-state index in [2.05, 4.69) is 29.7 Å². The maximum atomic E-state index is 5.76. The summed E-state index contributed by atoms with van der Waals surface area (Å²) in [4.78, 5) is 0. The number of para-hydroxylation sites is 1. The predicted molar refractivity (Wildman–Crippen MR) is 83.6 cm³/mol. The van der Waals surface area contributed by atoms with Gasteiger partial charge in [-0.15, -0.1) is 0 Å². The van der Waals surface area contributed by atoms with Crippen LogP contribution < -0.4 is 15.9 Å². The first-order chi connectivity index (χ1) is 9.24. The summed E-state index contributed by atoms with van der Waals surface area (Å²) in [7, 11) is 0. The molecular weight excluding hydrogens is 258 g/mol. The molecule has 1 rings (SSSR count). The summed E-state index contributed by atoms with van der Waals surface area (Å²) in [6.07, 6.45) is 6.42. The minimum absolute atomic E-state index is 0.147. The maximum Gasteiger partial charge on any atom is 0.184 e. The lowest BCUT2D eigenvalue weighted by molar-refractivity contribution is 0.304. The Morgan fingerprint density at radius 2 is 2.16 bits per heavy atom. The molecule has 0 unspecified atom stereocenters. The van der Waals surface area contributed by atoms with Crippen molar-refractivity contribution in [2.24, 2.45) is 10.8 Å². The molecule has 1 aromatic carbocycles. The Kier molecular flexibility index (Phi) is 7.58. The quantitative estimate of drug-likeness (QED) is 0.332. The molecule has 0 aliphatic carbocycles. The van der Waals surface area contributed by atoms with Crippen LogP contribution in [0.4, 0.5) is 0 Å². The first-order valence-corrected chi connectivity index (χ1v) is 6.95. The van der Waals surface area contributed by atoms with Crippen molar-refractivity contribution in [2.45, 2.75) is 32.6 Å². The molecule has 0 bridgehead atoms. The molecule has 0 heterocycles. The molecule has 1 aromatic rings. The Hall–Kier alpha value is -1.62. The zero-order valence-electron chi connectivity index (χ0n) is 11.3. The number of nitrogens with zero attached hydrogens (tertiary/aromatic N) is 1. The molecule has 19 heavy (non-hydrogen) atoms. The molecule has 0 atom stereocenters. The fourth-order valence-electron chi connectivity index (χ4n) is 1.60. The molecule has 5 heteroatoms. The monoisotopic (exact) mass is 279 g/mol. The molecule has 3 N–H and O–H groups in total. The standard InChI is InChI=1S/C14H21N3OS/c1-2-3-4-7-10-18-13-9-6-5-8-12(13)11-16-17-14(15)19/h5-6,8-9,11H,2-4,7,10H2,1H3,(H3,15,17,19)/b16-11-. The Balaban J connectivity index is 2.48. The van der Waals surface area contributed by atoms with Crippen molar-refractivity contribution >= 4 is 23.5 Å². The number of hydrogen-bond acceptors (Lipinski definition) is 3. The van der Waals surface area contributed by atoms with E-state index in [1.54, 1.807) is 6.21 Å². The predicted octanol–water partition coefficient (Wildman–Crippen LogP) is 2.81. The normalized spacial score (nSPS) is 10.6. The van der Waals surface area contributed by atoms with E-state index >= 15 is 0 Å². The zero-order valence-corrected chi connectivity index (χ0v) is 12.1. The summed E-state index contributed by atoms with van der Waals surface area (Å²) in [6.45, 7) is 2.93. The van der Waals surface area contributed by atoms with E-state index in [0.717, 1.165) is 24.3 Å². The van der Waals surface area contributed by atoms with E-state index in [1.165, 1.54) is 19.3 Å². The molecule has 104 valence electrons. The van der Waals surface area contributed by atoms with Crippen molar-refractivity contribution in [2.75, 3.05) is 6.61 Å². The zero-order chi connectivity index (χ0) is 13.9. The molecular formula is C14H21N3OS.